The molecule has 2 atom stereocenters. The number of aliphatic hydroxyl groups excluding tert-OH is 1. The highest BCUT2D eigenvalue weighted by atomic mass is 16.5. The van der Waals surface area contributed by atoms with Crippen molar-refractivity contribution in [2.75, 3.05) is 7.11 Å². The lowest BCUT2D eigenvalue weighted by Crippen LogP contribution is -2.42. The van der Waals surface area contributed by atoms with E-state index >= 15 is 0 Å². The fourth-order valence-electron chi connectivity index (χ4n) is 1.28. The van der Waals surface area contributed by atoms with Gasteiger partial charge in [-0.3, -0.25) is 0 Å². The van der Waals surface area contributed by atoms with E-state index in [4.69, 9.17) is 0 Å². The number of hydrogen-bond acceptors (Lipinski definition) is 4. The molecular formula is C11H14O4. The van der Waals surface area contributed by atoms with E-state index < -0.39 is 17.7 Å². The average Bonchev–Trinajstić information content (AvgIpc) is 2.28. The van der Waals surface area contributed by atoms with Crippen molar-refractivity contribution < 1.29 is 19.7 Å². The van der Waals surface area contributed by atoms with Crippen molar-refractivity contribution >= 4 is 5.97 Å². The van der Waals surface area contributed by atoms with Crippen molar-refractivity contribution in [2.45, 2.75) is 18.6 Å². The van der Waals surface area contributed by atoms with Crippen molar-refractivity contribution in [3.8, 4) is 0 Å². The summed E-state index contributed by atoms with van der Waals surface area (Å²) in [6.07, 6.45) is -1.30. The van der Waals surface area contributed by atoms with E-state index in [2.05, 4.69) is 4.74 Å². The zero-order chi connectivity index (χ0) is 11.5. The van der Waals surface area contributed by atoms with Crippen molar-refractivity contribution in [1.29, 1.82) is 0 Å². The third-order valence-electron chi connectivity index (χ3n) is 2.25. The highest BCUT2D eigenvalue weighted by Gasteiger charge is 2.40. The highest BCUT2D eigenvalue weighted by Crippen LogP contribution is 2.26. The zero-order valence-corrected chi connectivity index (χ0v) is 8.68. The van der Waals surface area contributed by atoms with E-state index in [9.17, 15) is 15.0 Å². The Morgan fingerprint density at radius 3 is 2.40 bits per heavy atom. The van der Waals surface area contributed by atoms with E-state index in [1.807, 2.05) is 0 Å². The largest absolute Gasteiger partial charge is 0.467 e. The fourth-order valence-corrected chi connectivity index (χ4v) is 1.28. The van der Waals surface area contributed by atoms with Crippen LogP contribution in [0.15, 0.2) is 30.3 Å². The lowest BCUT2D eigenvalue weighted by molar-refractivity contribution is -0.172. The number of methoxy groups -OCH3 is 1. The molecular weight excluding hydrogens is 196 g/mol. The lowest BCUT2D eigenvalue weighted by atomic mass is 9.93. The molecule has 0 heterocycles. The predicted octanol–water partition coefficient (Wildman–Crippen LogP) is 0.644. The van der Waals surface area contributed by atoms with Crippen molar-refractivity contribution in [2.24, 2.45) is 0 Å². The Labute approximate surface area is 88.1 Å². The van der Waals surface area contributed by atoms with Gasteiger partial charge in [-0.1, -0.05) is 30.3 Å². The van der Waals surface area contributed by atoms with Crippen LogP contribution in [0.1, 0.15) is 18.6 Å². The molecule has 0 aromatic heterocycles. The molecule has 82 valence electrons. The van der Waals surface area contributed by atoms with Gasteiger partial charge in [0.25, 0.3) is 0 Å². The third kappa shape index (κ3) is 2.34. The monoisotopic (exact) mass is 210 g/mol. The number of aliphatic hydroxyl groups is 2. The molecule has 0 fully saturated rings. The predicted molar refractivity (Wildman–Crippen MR) is 54.0 cm³/mol. The highest BCUT2D eigenvalue weighted by molar-refractivity contribution is 5.79. The topological polar surface area (TPSA) is 66.8 Å². The molecule has 1 aromatic rings. The number of benzene rings is 1. The minimum absolute atomic E-state index is 0.466. The molecule has 4 heteroatoms. The van der Waals surface area contributed by atoms with Crippen LogP contribution in [0.3, 0.4) is 0 Å². The first-order valence-corrected chi connectivity index (χ1v) is 4.54. The van der Waals surface area contributed by atoms with Gasteiger partial charge in [0.15, 0.2) is 5.60 Å². The van der Waals surface area contributed by atoms with E-state index in [1.165, 1.54) is 6.92 Å². The quantitative estimate of drug-likeness (QED) is 0.719. The van der Waals surface area contributed by atoms with Crippen LogP contribution in [0.2, 0.25) is 0 Å². The van der Waals surface area contributed by atoms with Gasteiger partial charge in [0.2, 0.25) is 0 Å². The average molecular weight is 210 g/mol. The first-order chi connectivity index (χ1) is 7.00. The van der Waals surface area contributed by atoms with Crippen molar-refractivity contribution in [3.05, 3.63) is 35.9 Å². The van der Waals surface area contributed by atoms with Gasteiger partial charge in [-0.2, -0.15) is 0 Å². The van der Waals surface area contributed by atoms with Gasteiger partial charge in [0, 0.05) is 0 Å². The maximum Gasteiger partial charge on any atom is 0.340 e. The summed E-state index contributed by atoms with van der Waals surface area (Å²) < 4.78 is 4.41. The van der Waals surface area contributed by atoms with Gasteiger partial charge >= 0.3 is 5.97 Å². The Hall–Kier alpha value is -1.39. The van der Waals surface area contributed by atoms with Crippen LogP contribution in [-0.2, 0) is 9.53 Å². The summed E-state index contributed by atoms with van der Waals surface area (Å²) in [5.41, 5.74) is -1.47. The number of hydrogen-bond donors (Lipinski definition) is 2. The summed E-state index contributed by atoms with van der Waals surface area (Å²) in [4.78, 5) is 11.2. The Kier molecular flexibility index (Phi) is 3.44. The van der Waals surface area contributed by atoms with Gasteiger partial charge in [-0.15, -0.1) is 0 Å². The number of carbonyl (C=O) groups is 1. The van der Waals surface area contributed by atoms with Crippen LogP contribution in [0.4, 0.5) is 0 Å². The second-order valence-electron chi connectivity index (χ2n) is 3.45. The lowest BCUT2D eigenvalue weighted by Gasteiger charge is -2.26. The standard InChI is InChI=1S/C11H14O4/c1-11(14,10(13)15-2)9(12)8-6-4-3-5-7-8/h3-7,9,12,14H,1-2H3/t9-,11+/m1/s1. The van der Waals surface area contributed by atoms with Crippen molar-refractivity contribution in [3.63, 3.8) is 0 Å². The summed E-state index contributed by atoms with van der Waals surface area (Å²) in [7, 11) is 1.16. The van der Waals surface area contributed by atoms with Gasteiger partial charge in [0.05, 0.1) is 7.11 Å². The Morgan fingerprint density at radius 2 is 1.93 bits per heavy atom. The molecule has 0 radical (unpaired) electrons. The summed E-state index contributed by atoms with van der Waals surface area (Å²) in [6.45, 7) is 1.22. The van der Waals surface area contributed by atoms with Gasteiger partial charge in [-0.25, -0.2) is 4.79 Å². The third-order valence-corrected chi connectivity index (χ3v) is 2.25. The van der Waals surface area contributed by atoms with E-state index in [0.717, 1.165) is 7.11 Å². The molecule has 0 saturated carbocycles. The van der Waals surface area contributed by atoms with Gasteiger partial charge < -0.3 is 14.9 Å². The summed E-state index contributed by atoms with van der Waals surface area (Å²) in [5.74, 6) is -0.862. The van der Waals surface area contributed by atoms with Crippen LogP contribution in [0, 0.1) is 0 Å². The molecule has 0 saturated heterocycles. The molecule has 0 amide bonds. The molecule has 1 aromatic carbocycles. The second-order valence-corrected chi connectivity index (χ2v) is 3.45. The fraction of sp³-hybridized carbons (Fsp3) is 0.364. The molecule has 0 bridgehead atoms. The van der Waals surface area contributed by atoms with E-state index in [0.29, 0.717) is 5.56 Å². The van der Waals surface area contributed by atoms with Crippen LogP contribution in [-0.4, -0.2) is 28.9 Å². The smallest absolute Gasteiger partial charge is 0.340 e. The number of rotatable bonds is 3. The van der Waals surface area contributed by atoms with Gasteiger partial charge in [-0.05, 0) is 12.5 Å². The maximum absolute atomic E-state index is 11.2. The normalized spacial score (nSPS) is 16.5. The number of esters is 1. The molecule has 0 aliphatic rings. The SMILES string of the molecule is COC(=O)[C@@](C)(O)[C@H](O)c1ccccc1. The molecule has 0 unspecified atom stereocenters. The van der Waals surface area contributed by atoms with Gasteiger partial charge in [0.1, 0.15) is 6.10 Å². The molecule has 15 heavy (non-hydrogen) atoms. The van der Waals surface area contributed by atoms with E-state index in [1.54, 1.807) is 30.3 Å². The van der Waals surface area contributed by atoms with Crippen LogP contribution >= 0.6 is 0 Å². The molecule has 0 aliphatic heterocycles. The molecule has 1 rings (SSSR count). The first kappa shape index (κ1) is 11.7. The van der Waals surface area contributed by atoms with E-state index in [-0.39, 0.29) is 0 Å². The van der Waals surface area contributed by atoms with Crippen LogP contribution in [0.25, 0.3) is 0 Å². The van der Waals surface area contributed by atoms with Crippen molar-refractivity contribution in [1.82, 2.24) is 0 Å². The second kappa shape index (κ2) is 4.42. The Balaban J connectivity index is 2.94. The molecule has 2 N–H and O–H groups in total. The zero-order valence-electron chi connectivity index (χ0n) is 8.68. The van der Waals surface area contributed by atoms with Crippen LogP contribution < -0.4 is 0 Å². The molecule has 0 aliphatic carbocycles. The minimum Gasteiger partial charge on any atom is -0.467 e. The molecule has 4 nitrogen and oxygen atoms in total. The Morgan fingerprint density at radius 1 is 1.40 bits per heavy atom. The number of ether oxygens (including phenoxy) is 1. The first-order valence-electron chi connectivity index (χ1n) is 4.54. The number of carbonyl (C=O) groups excluding carboxylic acids is 1. The summed E-state index contributed by atoms with van der Waals surface area (Å²) >= 11 is 0. The summed E-state index contributed by atoms with van der Waals surface area (Å²) in [5, 5.41) is 19.6. The Bertz CT molecular complexity index is 332. The molecule has 0 spiro atoms. The van der Waals surface area contributed by atoms with Crippen LogP contribution in [0.5, 0.6) is 0 Å². The summed E-state index contributed by atoms with van der Waals surface area (Å²) in [6, 6.07) is 8.46. The minimum atomic E-state index is -1.93. The maximum atomic E-state index is 11.2.